The summed E-state index contributed by atoms with van der Waals surface area (Å²) in [5, 5.41) is 12.2. The van der Waals surface area contributed by atoms with Gasteiger partial charge in [-0.15, -0.1) is 10.2 Å². The molecule has 1 N–H and O–H groups in total. The van der Waals surface area contributed by atoms with Crippen LogP contribution in [0, 0.1) is 19.7 Å². The maximum atomic E-state index is 12.9. The van der Waals surface area contributed by atoms with Crippen LogP contribution >= 0.6 is 23.1 Å². The van der Waals surface area contributed by atoms with Crippen molar-refractivity contribution in [3.8, 4) is 0 Å². The average molecular weight is 378 g/mol. The molecule has 0 unspecified atom stereocenters. The van der Waals surface area contributed by atoms with E-state index in [9.17, 15) is 9.18 Å². The van der Waals surface area contributed by atoms with E-state index in [0.717, 1.165) is 17.0 Å². The first-order valence-electron chi connectivity index (χ1n) is 7.43. The molecule has 2 aromatic heterocycles. The van der Waals surface area contributed by atoms with Gasteiger partial charge in [-0.2, -0.15) is 0 Å². The topological polar surface area (TPSA) is 80.9 Å². The highest BCUT2D eigenvalue weighted by Crippen LogP contribution is 2.25. The number of aromatic nitrogens is 3. The summed E-state index contributed by atoms with van der Waals surface area (Å²) >= 11 is 2.63. The molecule has 0 aliphatic rings. The number of amides is 1. The Bertz CT molecular complexity index is 857. The number of oxazole rings is 1. The van der Waals surface area contributed by atoms with E-state index in [0.29, 0.717) is 22.5 Å². The quantitative estimate of drug-likeness (QED) is 0.661. The Balaban J connectivity index is 1.53. The Kier molecular flexibility index (Phi) is 5.44. The Hall–Kier alpha value is -2.26. The summed E-state index contributed by atoms with van der Waals surface area (Å²) in [6, 6.07) is 5.96. The average Bonchev–Trinajstić information content (AvgIpc) is 3.19. The van der Waals surface area contributed by atoms with E-state index in [1.807, 2.05) is 13.8 Å². The zero-order chi connectivity index (χ0) is 17.8. The molecule has 1 aromatic carbocycles. The zero-order valence-electron chi connectivity index (χ0n) is 13.6. The molecule has 2 heterocycles. The van der Waals surface area contributed by atoms with Gasteiger partial charge in [0.1, 0.15) is 16.6 Å². The number of hydrogen-bond acceptors (Lipinski definition) is 7. The van der Waals surface area contributed by atoms with Gasteiger partial charge in [0.05, 0.1) is 11.4 Å². The van der Waals surface area contributed by atoms with Crippen LogP contribution in [0.4, 0.5) is 4.39 Å². The van der Waals surface area contributed by atoms with Crippen molar-refractivity contribution in [2.45, 2.75) is 31.4 Å². The Morgan fingerprint density at radius 2 is 2.04 bits per heavy atom. The van der Waals surface area contributed by atoms with Gasteiger partial charge < -0.3 is 9.73 Å². The third-order valence-corrected chi connectivity index (χ3v) is 5.30. The minimum absolute atomic E-state index is 0.289. The summed E-state index contributed by atoms with van der Waals surface area (Å²) in [5.41, 5.74) is 1.67. The van der Waals surface area contributed by atoms with Crippen molar-refractivity contribution in [2.24, 2.45) is 0 Å². The molecule has 9 heteroatoms. The van der Waals surface area contributed by atoms with E-state index in [4.69, 9.17) is 4.42 Å². The van der Waals surface area contributed by atoms with E-state index in [-0.39, 0.29) is 16.7 Å². The number of nitrogens with one attached hydrogen (secondary N) is 1. The second-order valence-corrected chi connectivity index (χ2v) is 7.21. The molecule has 0 radical (unpaired) electrons. The summed E-state index contributed by atoms with van der Waals surface area (Å²) in [6.07, 6.45) is 0. The number of carbonyl (C=O) groups excluding carboxylic acids is 1. The van der Waals surface area contributed by atoms with Crippen LogP contribution in [0.3, 0.4) is 0 Å². The fourth-order valence-corrected chi connectivity index (χ4v) is 3.55. The summed E-state index contributed by atoms with van der Waals surface area (Å²) in [6.45, 7) is 4.05. The summed E-state index contributed by atoms with van der Waals surface area (Å²) in [4.78, 5) is 16.4. The number of hydrogen-bond donors (Lipinski definition) is 1. The van der Waals surface area contributed by atoms with Crippen LogP contribution < -0.4 is 5.32 Å². The van der Waals surface area contributed by atoms with Gasteiger partial charge in [0, 0.05) is 6.54 Å². The van der Waals surface area contributed by atoms with Crippen molar-refractivity contribution in [2.75, 3.05) is 0 Å². The lowest BCUT2D eigenvalue weighted by molar-refractivity contribution is 0.0950. The minimum atomic E-state index is -0.308. The van der Waals surface area contributed by atoms with E-state index >= 15 is 0 Å². The third-order valence-electron chi connectivity index (χ3n) is 3.36. The largest absolute Gasteiger partial charge is 0.437 e. The van der Waals surface area contributed by atoms with Crippen LogP contribution in [0.15, 0.2) is 33.9 Å². The third kappa shape index (κ3) is 4.64. The predicted octanol–water partition coefficient (Wildman–Crippen LogP) is 3.50. The minimum Gasteiger partial charge on any atom is -0.437 e. The number of halogens is 1. The summed E-state index contributed by atoms with van der Waals surface area (Å²) in [5.74, 6) is 0.710. The smallest absolute Gasteiger partial charge is 0.282 e. The molecule has 6 nitrogen and oxygen atoms in total. The van der Waals surface area contributed by atoms with Crippen molar-refractivity contribution in [1.82, 2.24) is 20.5 Å². The van der Waals surface area contributed by atoms with E-state index in [2.05, 4.69) is 20.5 Å². The number of thioether (sulfide) groups is 1. The highest BCUT2D eigenvalue weighted by atomic mass is 32.2. The van der Waals surface area contributed by atoms with Gasteiger partial charge in [-0.05, 0) is 31.5 Å². The number of carbonyl (C=O) groups is 1. The SMILES string of the molecule is Cc1nc(SCc2nnc(C(=O)NCc3ccc(F)cc3)s2)oc1C. The normalized spacial score (nSPS) is 10.8. The van der Waals surface area contributed by atoms with Crippen LogP contribution in [-0.2, 0) is 12.3 Å². The molecule has 0 saturated carbocycles. The summed E-state index contributed by atoms with van der Waals surface area (Å²) < 4.78 is 18.3. The fraction of sp³-hybridized carbons (Fsp3) is 0.250. The Morgan fingerprint density at radius 3 is 2.72 bits per heavy atom. The van der Waals surface area contributed by atoms with Crippen molar-refractivity contribution in [1.29, 1.82) is 0 Å². The molecule has 0 spiro atoms. The second kappa shape index (κ2) is 7.75. The predicted molar refractivity (Wildman–Crippen MR) is 93.0 cm³/mol. The molecule has 0 aliphatic carbocycles. The van der Waals surface area contributed by atoms with Crippen molar-refractivity contribution < 1.29 is 13.6 Å². The number of aryl methyl sites for hydroxylation is 2. The van der Waals surface area contributed by atoms with Crippen LogP contribution in [0.5, 0.6) is 0 Å². The molecule has 0 aliphatic heterocycles. The van der Waals surface area contributed by atoms with E-state index in [1.165, 1.54) is 35.2 Å². The molecule has 3 aromatic rings. The molecule has 0 bridgehead atoms. The lowest BCUT2D eigenvalue weighted by Gasteiger charge is -2.02. The Labute approximate surface area is 151 Å². The monoisotopic (exact) mass is 378 g/mol. The highest BCUT2D eigenvalue weighted by Gasteiger charge is 2.14. The lowest BCUT2D eigenvalue weighted by atomic mass is 10.2. The first-order chi connectivity index (χ1) is 12.0. The maximum absolute atomic E-state index is 12.9. The Morgan fingerprint density at radius 1 is 1.28 bits per heavy atom. The van der Waals surface area contributed by atoms with Gasteiger partial charge in [-0.25, -0.2) is 9.37 Å². The number of nitrogens with zero attached hydrogens (tertiary/aromatic N) is 3. The van der Waals surface area contributed by atoms with Crippen molar-refractivity contribution in [3.05, 3.63) is 57.1 Å². The molecule has 0 saturated heterocycles. The van der Waals surface area contributed by atoms with Gasteiger partial charge in [0.2, 0.25) is 5.01 Å². The first-order valence-corrected chi connectivity index (χ1v) is 9.23. The maximum Gasteiger partial charge on any atom is 0.282 e. The molecule has 130 valence electrons. The van der Waals surface area contributed by atoms with Gasteiger partial charge >= 0.3 is 0 Å². The summed E-state index contributed by atoms with van der Waals surface area (Å²) in [7, 11) is 0. The lowest BCUT2D eigenvalue weighted by Crippen LogP contribution is -2.22. The van der Waals surface area contributed by atoms with Gasteiger partial charge in [-0.1, -0.05) is 35.2 Å². The van der Waals surface area contributed by atoms with Crippen molar-refractivity contribution >= 4 is 29.0 Å². The van der Waals surface area contributed by atoms with Gasteiger partial charge in [-0.3, -0.25) is 4.79 Å². The van der Waals surface area contributed by atoms with E-state index < -0.39 is 0 Å². The second-order valence-electron chi connectivity index (χ2n) is 5.22. The van der Waals surface area contributed by atoms with Crippen LogP contribution in [0.25, 0.3) is 0 Å². The highest BCUT2D eigenvalue weighted by molar-refractivity contribution is 7.98. The van der Waals surface area contributed by atoms with E-state index in [1.54, 1.807) is 12.1 Å². The van der Waals surface area contributed by atoms with Crippen molar-refractivity contribution in [3.63, 3.8) is 0 Å². The molecule has 0 atom stereocenters. The van der Waals surface area contributed by atoms with Crippen LogP contribution in [0.2, 0.25) is 0 Å². The van der Waals surface area contributed by atoms with Crippen LogP contribution in [0.1, 0.15) is 31.8 Å². The molecule has 0 fully saturated rings. The molecule has 1 amide bonds. The molecule has 25 heavy (non-hydrogen) atoms. The standard InChI is InChI=1S/C16H15FN4O2S2/c1-9-10(2)23-16(19-9)24-8-13-20-21-15(25-13)14(22)18-7-11-3-5-12(17)6-4-11/h3-6H,7-8H2,1-2H3,(H,18,22). The molecular weight excluding hydrogens is 363 g/mol. The van der Waals surface area contributed by atoms with Gasteiger partial charge in [0.25, 0.3) is 11.1 Å². The van der Waals surface area contributed by atoms with Gasteiger partial charge in [0.15, 0.2) is 0 Å². The fourth-order valence-electron chi connectivity index (χ4n) is 1.89. The molecule has 3 rings (SSSR count). The zero-order valence-corrected chi connectivity index (χ0v) is 15.2. The molecular formula is C16H15FN4O2S2. The number of rotatable bonds is 6. The van der Waals surface area contributed by atoms with Crippen LogP contribution in [-0.4, -0.2) is 21.1 Å². The first kappa shape index (κ1) is 17.6. The number of benzene rings is 1.